The maximum atomic E-state index is 5.90. The molecule has 0 amide bonds. The molecule has 2 heterocycles. The number of ether oxygens (including phenoxy) is 1. The number of hydrogen-bond donors (Lipinski definition) is 1. The van der Waals surface area contributed by atoms with Gasteiger partial charge in [0.05, 0.1) is 16.8 Å². The van der Waals surface area contributed by atoms with E-state index < -0.39 is 0 Å². The number of nitrogens with zero attached hydrogens (tertiary/aromatic N) is 1. The van der Waals surface area contributed by atoms with Gasteiger partial charge >= 0.3 is 0 Å². The predicted octanol–water partition coefficient (Wildman–Crippen LogP) is 3.54. The van der Waals surface area contributed by atoms with Gasteiger partial charge in [-0.15, -0.1) is 11.3 Å². The van der Waals surface area contributed by atoms with Crippen molar-refractivity contribution >= 4 is 11.3 Å². The van der Waals surface area contributed by atoms with E-state index in [-0.39, 0.29) is 11.1 Å². The van der Waals surface area contributed by atoms with Gasteiger partial charge in [0.25, 0.3) is 0 Å². The molecule has 0 aliphatic carbocycles. The number of hydrogen-bond acceptors (Lipinski definition) is 4. The van der Waals surface area contributed by atoms with E-state index in [9.17, 15) is 0 Å². The Morgan fingerprint density at radius 2 is 2.11 bits per heavy atom. The predicted molar refractivity (Wildman–Crippen MR) is 80.8 cm³/mol. The summed E-state index contributed by atoms with van der Waals surface area (Å²) in [5, 5.41) is 5.01. The fourth-order valence-corrected chi connectivity index (χ4v) is 3.93. The highest BCUT2D eigenvalue weighted by Gasteiger charge is 2.43. The van der Waals surface area contributed by atoms with Gasteiger partial charge in [-0.05, 0) is 47.1 Å². The highest BCUT2D eigenvalue weighted by Crippen LogP contribution is 2.41. The normalized spacial score (nSPS) is 26.6. The zero-order valence-corrected chi connectivity index (χ0v) is 13.6. The van der Waals surface area contributed by atoms with Crippen molar-refractivity contribution in [3.63, 3.8) is 0 Å². The summed E-state index contributed by atoms with van der Waals surface area (Å²) >= 11 is 1.84. The fourth-order valence-electron chi connectivity index (χ4n) is 2.82. The van der Waals surface area contributed by atoms with E-state index in [4.69, 9.17) is 9.72 Å². The highest BCUT2D eigenvalue weighted by molar-refractivity contribution is 7.11. The largest absolute Gasteiger partial charge is 0.375 e. The summed E-state index contributed by atoms with van der Waals surface area (Å²) in [6, 6.07) is 0. The van der Waals surface area contributed by atoms with Crippen LogP contribution in [0.2, 0.25) is 0 Å². The summed E-state index contributed by atoms with van der Waals surface area (Å²) in [7, 11) is 0. The zero-order chi connectivity index (χ0) is 14.1. The van der Waals surface area contributed by atoms with Gasteiger partial charge in [0.15, 0.2) is 0 Å². The van der Waals surface area contributed by atoms with Crippen molar-refractivity contribution < 1.29 is 4.74 Å². The number of aromatic nitrogens is 1. The summed E-state index contributed by atoms with van der Waals surface area (Å²) in [6.45, 7) is 12.7. The van der Waals surface area contributed by atoms with Crippen LogP contribution < -0.4 is 5.32 Å². The van der Waals surface area contributed by atoms with E-state index in [0.29, 0.717) is 0 Å². The molecule has 2 rings (SSSR count). The standard InChI is InChI=1S/C15H26N2OS/c1-6-8-16-15(7-9-18-14(4,5)10-15)13-17-11(2)12(3)19-13/h16H,6-10H2,1-5H3. The smallest absolute Gasteiger partial charge is 0.113 e. The molecule has 0 saturated carbocycles. The fraction of sp³-hybridized carbons (Fsp3) is 0.800. The van der Waals surface area contributed by atoms with Crippen molar-refractivity contribution in [2.45, 2.75) is 65.0 Å². The number of rotatable bonds is 4. The molecule has 1 atom stereocenters. The lowest BCUT2D eigenvalue weighted by Crippen LogP contribution is -2.52. The second-order valence-corrected chi connectivity index (χ2v) is 7.41. The van der Waals surface area contributed by atoms with Crippen molar-refractivity contribution in [2.75, 3.05) is 13.2 Å². The Labute approximate surface area is 120 Å². The van der Waals surface area contributed by atoms with Gasteiger partial charge in [-0.3, -0.25) is 0 Å². The molecule has 1 unspecified atom stereocenters. The third-order valence-corrected chi connectivity index (χ3v) is 5.18. The van der Waals surface area contributed by atoms with E-state index in [2.05, 4.69) is 39.9 Å². The zero-order valence-electron chi connectivity index (χ0n) is 12.8. The van der Waals surface area contributed by atoms with E-state index in [0.717, 1.165) is 32.4 Å². The van der Waals surface area contributed by atoms with Crippen LogP contribution in [0.3, 0.4) is 0 Å². The van der Waals surface area contributed by atoms with Crippen molar-refractivity contribution in [3.05, 3.63) is 15.6 Å². The Kier molecular flexibility index (Phi) is 4.33. The lowest BCUT2D eigenvalue weighted by atomic mass is 9.81. The van der Waals surface area contributed by atoms with Crippen LogP contribution >= 0.6 is 11.3 Å². The second kappa shape index (κ2) is 5.51. The van der Waals surface area contributed by atoms with Gasteiger partial charge in [-0.2, -0.15) is 0 Å². The first kappa shape index (κ1) is 14.9. The molecule has 4 heteroatoms. The maximum absolute atomic E-state index is 5.90. The van der Waals surface area contributed by atoms with E-state index in [1.54, 1.807) is 0 Å². The summed E-state index contributed by atoms with van der Waals surface area (Å²) in [5.74, 6) is 0. The summed E-state index contributed by atoms with van der Waals surface area (Å²) in [5.41, 5.74) is 1.09. The van der Waals surface area contributed by atoms with Crippen molar-refractivity contribution in [3.8, 4) is 0 Å². The molecule has 1 fully saturated rings. The van der Waals surface area contributed by atoms with Crippen molar-refractivity contribution in [1.82, 2.24) is 10.3 Å². The minimum Gasteiger partial charge on any atom is -0.375 e. The third kappa shape index (κ3) is 3.18. The minimum atomic E-state index is -0.0769. The first-order valence-corrected chi connectivity index (χ1v) is 8.04. The van der Waals surface area contributed by atoms with Gasteiger partial charge in [-0.25, -0.2) is 4.98 Å². The number of thiazole rings is 1. The Balaban J connectivity index is 2.33. The summed E-state index contributed by atoms with van der Waals surface area (Å²) in [6.07, 6.45) is 3.15. The quantitative estimate of drug-likeness (QED) is 0.917. The molecule has 1 aromatic rings. The first-order chi connectivity index (χ1) is 8.88. The summed E-state index contributed by atoms with van der Waals surface area (Å²) < 4.78 is 5.90. The van der Waals surface area contributed by atoms with Crippen LogP contribution in [-0.2, 0) is 10.3 Å². The van der Waals surface area contributed by atoms with Crippen molar-refractivity contribution in [2.24, 2.45) is 0 Å². The van der Waals surface area contributed by atoms with Crippen LogP contribution in [0, 0.1) is 13.8 Å². The van der Waals surface area contributed by atoms with E-state index in [1.165, 1.54) is 15.6 Å². The lowest BCUT2D eigenvalue weighted by molar-refractivity contribution is -0.0897. The molecule has 0 aromatic carbocycles. The first-order valence-electron chi connectivity index (χ1n) is 7.22. The number of aryl methyl sites for hydroxylation is 2. The molecular weight excluding hydrogens is 256 g/mol. The topological polar surface area (TPSA) is 34.2 Å². The van der Waals surface area contributed by atoms with E-state index >= 15 is 0 Å². The van der Waals surface area contributed by atoms with E-state index in [1.807, 2.05) is 11.3 Å². The van der Waals surface area contributed by atoms with Gasteiger partial charge in [-0.1, -0.05) is 6.92 Å². The molecule has 1 aromatic heterocycles. The van der Waals surface area contributed by atoms with Gasteiger partial charge in [0, 0.05) is 17.9 Å². The molecule has 3 nitrogen and oxygen atoms in total. The molecule has 19 heavy (non-hydrogen) atoms. The monoisotopic (exact) mass is 282 g/mol. The van der Waals surface area contributed by atoms with Crippen LogP contribution in [0.5, 0.6) is 0 Å². The minimum absolute atomic E-state index is 0.00144. The average molecular weight is 282 g/mol. The van der Waals surface area contributed by atoms with Crippen LogP contribution in [0.15, 0.2) is 0 Å². The molecule has 1 N–H and O–H groups in total. The molecule has 0 spiro atoms. The van der Waals surface area contributed by atoms with Crippen LogP contribution in [0.4, 0.5) is 0 Å². The third-order valence-electron chi connectivity index (χ3n) is 3.90. The van der Waals surface area contributed by atoms with Gasteiger partial charge in [0.2, 0.25) is 0 Å². The lowest BCUT2D eigenvalue weighted by Gasteiger charge is -2.44. The SMILES string of the molecule is CCCNC1(c2nc(C)c(C)s2)CCOC(C)(C)C1. The summed E-state index contributed by atoms with van der Waals surface area (Å²) in [4.78, 5) is 6.16. The van der Waals surface area contributed by atoms with Gasteiger partial charge < -0.3 is 10.1 Å². The Morgan fingerprint density at radius 3 is 2.63 bits per heavy atom. The molecule has 0 bridgehead atoms. The maximum Gasteiger partial charge on any atom is 0.113 e. The van der Waals surface area contributed by atoms with Crippen LogP contribution in [0.1, 0.15) is 55.6 Å². The van der Waals surface area contributed by atoms with Crippen molar-refractivity contribution in [1.29, 1.82) is 0 Å². The average Bonchev–Trinajstić information content (AvgIpc) is 2.66. The molecule has 0 radical (unpaired) electrons. The molecule has 1 aliphatic heterocycles. The molecule has 108 valence electrons. The Bertz CT molecular complexity index is 422. The molecule has 1 saturated heterocycles. The van der Waals surface area contributed by atoms with Gasteiger partial charge in [0.1, 0.15) is 5.01 Å². The Hall–Kier alpha value is -0.450. The second-order valence-electron chi connectivity index (χ2n) is 6.20. The molecule has 1 aliphatic rings. The van der Waals surface area contributed by atoms with Crippen LogP contribution in [0.25, 0.3) is 0 Å². The van der Waals surface area contributed by atoms with Crippen LogP contribution in [-0.4, -0.2) is 23.7 Å². The number of nitrogens with one attached hydrogen (secondary N) is 1. The Morgan fingerprint density at radius 1 is 1.37 bits per heavy atom. The molecular formula is C15H26N2OS. The highest BCUT2D eigenvalue weighted by atomic mass is 32.1.